The number of aryl methyl sites for hydroxylation is 1. The number of nitrogens with zero attached hydrogens (tertiary/aromatic N) is 4. The van der Waals surface area contributed by atoms with Crippen molar-refractivity contribution in [2.45, 2.75) is 13.0 Å². The van der Waals surface area contributed by atoms with Crippen LogP contribution >= 0.6 is 23.2 Å². The number of carbonyl (C=O) groups is 1. The number of carbonyl (C=O) groups excluding carboxylic acids is 1. The maximum absolute atomic E-state index is 12.4. The predicted molar refractivity (Wildman–Crippen MR) is 103 cm³/mol. The van der Waals surface area contributed by atoms with Gasteiger partial charge in [-0.2, -0.15) is 4.98 Å². The number of nitrogens with one attached hydrogen (secondary N) is 1. The standard InChI is InChI=1S/C17H17Cl2N5O3/c1-22-14-13(15(26)23(2)17(22)27)24(16(19)21-14)9-12(25)20-7-6-10-4-3-5-11(18)8-10/h3-5,8H,6-7,9H2,1-2H3,(H,20,25). The van der Waals surface area contributed by atoms with Gasteiger partial charge < -0.3 is 5.32 Å². The fourth-order valence-electron chi connectivity index (χ4n) is 2.80. The van der Waals surface area contributed by atoms with Crippen LogP contribution in [0, 0.1) is 0 Å². The third-order valence-electron chi connectivity index (χ3n) is 4.23. The van der Waals surface area contributed by atoms with E-state index in [1.807, 2.05) is 18.2 Å². The second-order valence-electron chi connectivity index (χ2n) is 6.07. The van der Waals surface area contributed by atoms with Crippen LogP contribution in [-0.4, -0.2) is 31.1 Å². The van der Waals surface area contributed by atoms with E-state index in [1.54, 1.807) is 6.07 Å². The highest BCUT2D eigenvalue weighted by Gasteiger charge is 2.19. The first-order chi connectivity index (χ1) is 12.8. The number of amides is 1. The Labute approximate surface area is 163 Å². The van der Waals surface area contributed by atoms with Crippen molar-refractivity contribution in [2.24, 2.45) is 14.1 Å². The van der Waals surface area contributed by atoms with Crippen LogP contribution in [0.4, 0.5) is 0 Å². The minimum absolute atomic E-state index is 0.0340. The van der Waals surface area contributed by atoms with E-state index in [9.17, 15) is 14.4 Å². The van der Waals surface area contributed by atoms with E-state index in [0.29, 0.717) is 18.0 Å². The Bertz CT molecular complexity index is 1150. The van der Waals surface area contributed by atoms with Gasteiger partial charge >= 0.3 is 5.69 Å². The lowest BCUT2D eigenvalue weighted by atomic mass is 10.1. The summed E-state index contributed by atoms with van der Waals surface area (Å²) in [6.07, 6.45) is 0.612. The van der Waals surface area contributed by atoms with Crippen molar-refractivity contribution >= 4 is 40.3 Å². The van der Waals surface area contributed by atoms with Gasteiger partial charge in [0.05, 0.1) is 0 Å². The van der Waals surface area contributed by atoms with Gasteiger partial charge in [-0.15, -0.1) is 0 Å². The molecule has 2 heterocycles. The highest BCUT2D eigenvalue weighted by molar-refractivity contribution is 6.30. The first-order valence-corrected chi connectivity index (χ1v) is 8.88. The van der Waals surface area contributed by atoms with Crippen molar-refractivity contribution in [3.8, 4) is 0 Å². The zero-order chi connectivity index (χ0) is 19.7. The van der Waals surface area contributed by atoms with Gasteiger partial charge in [-0.05, 0) is 35.7 Å². The van der Waals surface area contributed by atoms with Gasteiger partial charge in [0, 0.05) is 25.7 Å². The summed E-state index contributed by atoms with van der Waals surface area (Å²) in [4.78, 5) is 40.8. The molecule has 0 aliphatic carbocycles. The molecule has 3 rings (SSSR count). The molecular weight excluding hydrogens is 393 g/mol. The second-order valence-corrected chi connectivity index (χ2v) is 6.85. The molecule has 1 N–H and O–H groups in total. The average molecular weight is 410 g/mol. The fraction of sp³-hybridized carbons (Fsp3) is 0.294. The molecule has 0 spiro atoms. The summed E-state index contributed by atoms with van der Waals surface area (Å²) in [5.74, 6) is -0.325. The molecule has 0 saturated carbocycles. The molecule has 27 heavy (non-hydrogen) atoms. The van der Waals surface area contributed by atoms with Crippen molar-refractivity contribution in [3.05, 3.63) is 61.0 Å². The Morgan fingerprint density at radius 1 is 1.19 bits per heavy atom. The Kier molecular flexibility index (Phi) is 5.38. The van der Waals surface area contributed by atoms with Crippen LogP contribution in [0.2, 0.25) is 10.3 Å². The molecule has 0 atom stereocenters. The minimum atomic E-state index is -0.556. The molecule has 0 aliphatic rings. The summed E-state index contributed by atoms with van der Waals surface area (Å²) < 4.78 is 3.47. The highest BCUT2D eigenvalue weighted by Crippen LogP contribution is 2.15. The Hall–Kier alpha value is -2.58. The SMILES string of the molecule is Cn1c(=O)c2c(nc(Cl)n2CC(=O)NCCc2cccc(Cl)c2)n(C)c1=O. The normalized spacial score (nSPS) is 11.1. The first kappa shape index (κ1) is 19.2. The van der Waals surface area contributed by atoms with Crippen molar-refractivity contribution in [3.63, 3.8) is 0 Å². The molecule has 0 unspecified atom stereocenters. The topological polar surface area (TPSA) is 90.9 Å². The van der Waals surface area contributed by atoms with Crippen LogP contribution in [0.3, 0.4) is 0 Å². The van der Waals surface area contributed by atoms with Crippen LogP contribution < -0.4 is 16.6 Å². The van der Waals surface area contributed by atoms with Crippen LogP contribution in [0.15, 0.2) is 33.9 Å². The van der Waals surface area contributed by atoms with Gasteiger partial charge in [-0.3, -0.25) is 23.3 Å². The quantitative estimate of drug-likeness (QED) is 0.638. The van der Waals surface area contributed by atoms with E-state index in [-0.39, 0.29) is 28.9 Å². The van der Waals surface area contributed by atoms with Crippen LogP contribution in [0.5, 0.6) is 0 Å². The monoisotopic (exact) mass is 409 g/mol. The molecule has 8 nitrogen and oxygen atoms in total. The number of rotatable bonds is 5. The summed E-state index contributed by atoms with van der Waals surface area (Å²) in [6, 6.07) is 7.38. The zero-order valence-corrected chi connectivity index (χ0v) is 16.2. The molecule has 1 amide bonds. The molecule has 0 bridgehead atoms. The highest BCUT2D eigenvalue weighted by atomic mass is 35.5. The third-order valence-corrected chi connectivity index (χ3v) is 4.75. The van der Waals surface area contributed by atoms with Crippen molar-refractivity contribution < 1.29 is 4.79 Å². The van der Waals surface area contributed by atoms with E-state index in [2.05, 4.69) is 10.3 Å². The molecule has 0 fully saturated rings. The maximum Gasteiger partial charge on any atom is 0.332 e. The maximum atomic E-state index is 12.4. The molecule has 142 valence electrons. The smallest absolute Gasteiger partial charge is 0.332 e. The second kappa shape index (κ2) is 7.58. The van der Waals surface area contributed by atoms with E-state index in [4.69, 9.17) is 23.2 Å². The molecule has 10 heteroatoms. The lowest BCUT2D eigenvalue weighted by molar-refractivity contribution is -0.121. The predicted octanol–water partition coefficient (Wildman–Crippen LogP) is 1.10. The Balaban J connectivity index is 1.78. The van der Waals surface area contributed by atoms with E-state index in [0.717, 1.165) is 10.1 Å². The molecule has 0 saturated heterocycles. The number of hydrogen-bond donors (Lipinski definition) is 1. The number of halogens is 2. The van der Waals surface area contributed by atoms with Crippen LogP contribution in [-0.2, 0) is 31.9 Å². The largest absolute Gasteiger partial charge is 0.354 e. The molecule has 2 aromatic heterocycles. The van der Waals surface area contributed by atoms with Gasteiger partial charge in [0.1, 0.15) is 6.54 Å². The van der Waals surface area contributed by atoms with E-state index < -0.39 is 11.2 Å². The van der Waals surface area contributed by atoms with E-state index in [1.165, 1.54) is 23.2 Å². The van der Waals surface area contributed by atoms with Gasteiger partial charge in [0.2, 0.25) is 11.2 Å². The summed E-state index contributed by atoms with van der Waals surface area (Å²) in [5, 5.41) is 3.38. The molecular formula is C17H17Cl2N5O3. The number of fused-ring (bicyclic) bond motifs is 1. The van der Waals surface area contributed by atoms with Crippen LogP contribution in [0.1, 0.15) is 5.56 Å². The van der Waals surface area contributed by atoms with Crippen molar-refractivity contribution in [1.29, 1.82) is 0 Å². The van der Waals surface area contributed by atoms with Gasteiger partial charge in [0.15, 0.2) is 11.2 Å². The molecule has 3 aromatic rings. The van der Waals surface area contributed by atoms with Crippen molar-refractivity contribution in [1.82, 2.24) is 24.0 Å². The number of imidazole rings is 1. The van der Waals surface area contributed by atoms with Gasteiger partial charge in [0.25, 0.3) is 5.56 Å². The number of hydrogen-bond acceptors (Lipinski definition) is 4. The van der Waals surface area contributed by atoms with E-state index >= 15 is 0 Å². The summed E-state index contributed by atoms with van der Waals surface area (Å²) in [6.45, 7) is 0.220. The minimum Gasteiger partial charge on any atom is -0.354 e. The van der Waals surface area contributed by atoms with Crippen molar-refractivity contribution in [2.75, 3.05) is 6.54 Å². The lowest BCUT2D eigenvalue weighted by Crippen LogP contribution is -2.38. The lowest BCUT2D eigenvalue weighted by Gasteiger charge is -2.09. The Morgan fingerprint density at radius 2 is 1.93 bits per heavy atom. The summed E-state index contributed by atoms with van der Waals surface area (Å²) in [7, 11) is 2.85. The van der Waals surface area contributed by atoms with Gasteiger partial charge in [-0.25, -0.2) is 4.79 Å². The number of benzene rings is 1. The zero-order valence-electron chi connectivity index (χ0n) is 14.7. The average Bonchev–Trinajstić information content (AvgIpc) is 2.95. The number of aromatic nitrogens is 4. The summed E-state index contributed by atoms with van der Waals surface area (Å²) >= 11 is 12.0. The summed E-state index contributed by atoms with van der Waals surface area (Å²) in [5.41, 5.74) is 0.172. The van der Waals surface area contributed by atoms with Crippen LogP contribution in [0.25, 0.3) is 11.2 Å². The fourth-order valence-corrected chi connectivity index (χ4v) is 3.24. The van der Waals surface area contributed by atoms with Gasteiger partial charge in [-0.1, -0.05) is 23.7 Å². The molecule has 1 aromatic carbocycles. The Morgan fingerprint density at radius 3 is 2.63 bits per heavy atom. The molecule has 0 aliphatic heterocycles. The first-order valence-electron chi connectivity index (χ1n) is 8.12. The molecule has 0 radical (unpaired) electrons. The third kappa shape index (κ3) is 3.77.